The molecule has 0 bridgehead atoms. The van der Waals surface area contributed by atoms with Gasteiger partial charge in [0, 0.05) is 30.2 Å². The molecule has 0 aliphatic carbocycles. The van der Waals surface area contributed by atoms with Crippen molar-refractivity contribution in [2.45, 2.75) is 6.92 Å². The quantitative estimate of drug-likeness (QED) is 0.297. The summed E-state index contributed by atoms with van der Waals surface area (Å²) < 4.78 is 13.6. The largest absolute Gasteiger partial charge is 0.493 e. The maximum absolute atomic E-state index is 11.7. The fourth-order valence-electron chi connectivity index (χ4n) is 4.28. The Morgan fingerprint density at radius 3 is 2.53 bits per heavy atom. The summed E-state index contributed by atoms with van der Waals surface area (Å²) in [6.07, 6.45) is 4.31. The normalized spacial score (nSPS) is 10.8. The van der Waals surface area contributed by atoms with E-state index in [9.17, 15) is 4.79 Å². The van der Waals surface area contributed by atoms with Crippen molar-refractivity contribution in [3.05, 3.63) is 79.4 Å². The number of carbonyl (C=O) groups excluding carboxylic acids is 1. The van der Waals surface area contributed by atoms with Gasteiger partial charge in [-0.15, -0.1) is 0 Å². The van der Waals surface area contributed by atoms with E-state index in [0.29, 0.717) is 34.0 Å². The fraction of sp³-hybridized carbons (Fsp3) is 0.107. The summed E-state index contributed by atoms with van der Waals surface area (Å²) in [4.78, 5) is 28.9. The van der Waals surface area contributed by atoms with Gasteiger partial charge in [-0.25, -0.2) is 19.9 Å². The van der Waals surface area contributed by atoms with Crippen LogP contribution in [0.25, 0.3) is 33.4 Å². The summed E-state index contributed by atoms with van der Waals surface area (Å²) >= 11 is 0. The van der Waals surface area contributed by atoms with Gasteiger partial charge in [0.15, 0.2) is 11.5 Å². The predicted molar refractivity (Wildman–Crippen MR) is 146 cm³/mol. The third-order valence-corrected chi connectivity index (χ3v) is 6.03. The van der Waals surface area contributed by atoms with E-state index in [1.165, 1.54) is 12.4 Å². The van der Waals surface area contributed by atoms with E-state index in [0.717, 1.165) is 28.1 Å². The molecule has 5 rings (SSSR count). The Kier molecular flexibility index (Phi) is 6.44. The summed E-state index contributed by atoms with van der Waals surface area (Å²) in [5.41, 5.74) is 11.9. The van der Waals surface area contributed by atoms with E-state index < -0.39 is 0 Å². The Morgan fingerprint density at radius 2 is 1.82 bits per heavy atom. The van der Waals surface area contributed by atoms with Crippen molar-refractivity contribution >= 4 is 28.4 Å². The average Bonchev–Trinajstić information content (AvgIpc) is 3.22. The van der Waals surface area contributed by atoms with Crippen LogP contribution in [0, 0.1) is 6.92 Å². The van der Waals surface area contributed by atoms with Crippen molar-refractivity contribution in [1.29, 1.82) is 0 Å². The average molecular weight is 508 g/mol. The lowest BCUT2D eigenvalue weighted by Crippen LogP contribution is -2.06. The highest BCUT2D eigenvalue weighted by atomic mass is 16.5. The third-order valence-electron chi connectivity index (χ3n) is 6.03. The minimum atomic E-state index is -0.281. The zero-order valence-corrected chi connectivity index (χ0v) is 21.1. The van der Waals surface area contributed by atoms with Crippen LogP contribution in [0.2, 0.25) is 0 Å². The molecule has 0 atom stereocenters. The summed E-state index contributed by atoms with van der Waals surface area (Å²) in [5.74, 6) is 1.04. The standard InChI is InChI=1S/C28H25N7O3/c1-5-22(36)34-19-9-6-17(7-10-19)25-23(24-26(29)31-15-32-27(24)35(25)3)18-8-11-20(21(14-18)37-4)38-28-30-13-12-16(2)33-28/h5-15H,1H2,2-4H3,(H,34,36)(H2,29,31,32). The highest BCUT2D eigenvalue weighted by Gasteiger charge is 2.23. The van der Waals surface area contributed by atoms with Crippen molar-refractivity contribution in [2.75, 3.05) is 18.2 Å². The van der Waals surface area contributed by atoms with E-state index in [-0.39, 0.29) is 11.9 Å². The molecule has 1 amide bonds. The number of fused-ring (bicyclic) bond motifs is 1. The molecule has 10 heteroatoms. The number of methoxy groups -OCH3 is 1. The molecule has 190 valence electrons. The molecular weight excluding hydrogens is 482 g/mol. The smallest absolute Gasteiger partial charge is 0.322 e. The molecule has 3 heterocycles. The minimum absolute atomic E-state index is 0.225. The topological polar surface area (TPSA) is 130 Å². The van der Waals surface area contributed by atoms with Crippen LogP contribution < -0.4 is 20.5 Å². The molecular formula is C28H25N7O3. The summed E-state index contributed by atoms with van der Waals surface area (Å²) in [6.45, 7) is 5.36. The zero-order valence-electron chi connectivity index (χ0n) is 21.1. The minimum Gasteiger partial charge on any atom is -0.493 e. The van der Waals surface area contributed by atoms with Gasteiger partial charge in [-0.3, -0.25) is 4.79 Å². The molecule has 3 N–H and O–H groups in total. The second kappa shape index (κ2) is 10.0. The fourth-order valence-corrected chi connectivity index (χ4v) is 4.28. The van der Waals surface area contributed by atoms with Gasteiger partial charge in [-0.05, 0) is 54.5 Å². The Hall–Kier alpha value is -5.25. The first-order valence-electron chi connectivity index (χ1n) is 11.7. The van der Waals surface area contributed by atoms with Crippen molar-refractivity contribution < 1.29 is 14.3 Å². The Labute approximate surface area is 218 Å². The van der Waals surface area contributed by atoms with Gasteiger partial charge in [0.05, 0.1) is 18.2 Å². The monoisotopic (exact) mass is 507 g/mol. The number of anilines is 2. The van der Waals surface area contributed by atoms with Gasteiger partial charge in [0.25, 0.3) is 0 Å². The number of hydrogen-bond acceptors (Lipinski definition) is 8. The summed E-state index contributed by atoms with van der Waals surface area (Å²) in [7, 11) is 3.49. The number of benzene rings is 2. The molecule has 0 unspecified atom stereocenters. The SMILES string of the molecule is C=CC(=O)Nc1ccc(-c2c(-c3ccc(Oc4nccc(C)n4)c(OC)c3)c3c(N)ncnc3n2C)cc1. The van der Waals surface area contributed by atoms with E-state index in [2.05, 4.69) is 31.8 Å². The first kappa shape index (κ1) is 24.4. The van der Waals surface area contributed by atoms with E-state index in [1.54, 1.807) is 25.4 Å². The lowest BCUT2D eigenvalue weighted by Gasteiger charge is -2.13. The van der Waals surface area contributed by atoms with Crippen LogP contribution in [0.15, 0.2) is 73.7 Å². The summed E-state index contributed by atoms with van der Waals surface area (Å²) in [5, 5.41) is 3.48. The van der Waals surface area contributed by atoms with Crippen LogP contribution in [0.4, 0.5) is 11.5 Å². The number of ether oxygens (including phenoxy) is 2. The van der Waals surface area contributed by atoms with Gasteiger partial charge in [-0.2, -0.15) is 0 Å². The maximum Gasteiger partial charge on any atom is 0.322 e. The number of hydrogen-bond donors (Lipinski definition) is 2. The van der Waals surface area contributed by atoms with Gasteiger partial charge in [0.1, 0.15) is 17.8 Å². The molecule has 0 radical (unpaired) electrons. The molecule has 2 aromatic carbocycles. The van der Waals surface area contributed by atoms with Crippen LogP contribution in [0.1, 0.15) is 5.69 Å². The number of aromatic nitrogens is 5. The number of nitrogens with zero attached hydrogens (tertiary/aromatic N) is 5. The molecule has 0 saturated carbocycles. The zero-order chi connectivity index (χ0) is 26.8. The number of carbonyl (C=O) groups is 1. The van der Waals surface area contributed by atoms with Gasteiger partial charge in [0.2, 0.25) is 5.91 Å². The number of aryl methyl sites for hydroxylation is 2. The molecule has 5 aromatic rings. The first-order chi connectivity index (χ1) is 18.4. The molecule has 0 saturated heterocycles. The molecule has 10 nitrogen and oxygen atoms in total. The van der Waals surface area contributed by atoms with Crippen molar-refractivity contribution in [3.8, 4) is 39.9 Å². The van der Waals surface area contributed by atoms with E-state index >= 15 is 0 Å². The predicted octanol–water partition coefficient (Wildman–Crippen LogP) is 4.91. The molecule has 0 aliphatic rings. The number of nitrogen functional groups attached to an aromatic ring is 1. The second-order valence-electron chi connectivity index (χ2n) is 8.46. The molecule has 0 spiro atoms. The van der Waals surface area contributed by atoms with E-state index in [1.807, 2.05) is 54.9 Å². The molecule has 3 aromatic heterocycles. The Bertz CT molecular complexity index is 1680. The highest BCUT2D eigenvalue weighted by Crippen LogP contribution is 2.44. The Morgan fingerprint density at radius 1 is 1.05 bits per heavy atom. The van der Waals surface area contributed by atoms with Crippen LogP contribution >= 0.6 is 0 Å². The lowest BCUT2D eigenvalue weighted by atomic mass is 9.98. The van der Waals surface area contributed by atoms with Crippen LogP contribution in [0.3, 0.4) is 0 Å². The number of amides is 1. The van der Waals surface area contributed by atoms with E-state index in [4.69, 9.17) is 15.2 Å². The number of nitrogens with one attached hydrogen (secondary N) is 1. The third kappa shape index (κ3) is 4.50. The van der Waals surface area contributed by atoms with Crippen LogP contribution in [0.5, 0.6) is 17.5 Å². The van der Waals surface area contributed by atoms with Crippen molar-refractivity contribution in [2.24, 2.45) is 7.05 Å². The highest BCUT2D eigenvalue weighted by molar-refractivity contribution is 6.08. The Balaban J connectivity index is 1.65. The number of rotatable bonds is 7. The van der Waals surface area contributed by atoms with Crippen LogP contribution in [-0.2, 0) is 11.8 Å². The number of nitrogens with two attached hydrogens (primary N) is 1. The lowest BCUT2D eigenvalue weighted by molar-refractivity contribution is -0.111. The summed E-state index contributed by atoms with van der Waals surface area (Å²) in [6, 6.07) is 15.1. The van der Waals surface area contributed by atoms with Crippen molar-refractivity contribution in [3.63, 3.8) is 0 Å². The van der Waals surface area contributed by atoms with Gasteiger partial charge < -0.3 is 25.1 Å². The molecule has 0 aliphatic heterocycles. The van der Waals surface area contributed by atoms with Gasteiger partial charge in [-0.1, -0.05) is 24.8 Å². The first-order valence-corrected chi connectivity index (χ1v) is 11.7. The van der Waals surface area contributed by atoms with Crippen molar-refractivity contribution in [1.82, 2.24) is 24.5 Å². The second-order valence-corrected chi connectivity index (χ2v) is 8.46. The maximum atomic E-state index is 11.7. The molecule has 38 heavy (non-hydrogen) atoms. The van der Waals surface area contributed by atoms with Crippen LogP contribution in [-0.4, -0.2) is 37.5 Å². The molecule has 0 fully saturated rings. The van der Waals surface area contributed by atoms with Gasteiger partial charge >= 0.3 is 6.01 Å².